The molecule has 70 valence electrons. The lowest BCUT2D eigenvalue weighted by Crippen LogP contribution is -2.05. The van der Waals surface area contributed by atoms with Crippen LogP contribution in [0.3, 0.4) is 0 Å². The quantitative estimate of drug-likeness (QED) is 0.530. The van der Waals surface area contributed by atoms with Gasteiger partial charge in [-0.1, -0.05) is 11.6 Å². The average molecular weight is 203 g/mol. The highest BCUT2D eigenvalue weighted by atomic mass is 35.5. The standard InChI is InChI=1S/C7H7ClN2O3/c1-4(11)13-7-5(12-2)6(8)9-3-10-7/h3H,1-2H3. The molecule has 0 amide bonds. The first-order chi connectivity index (χ1) is 6.15. The molecular weight excluding hydrogens is 196 g/mol. The minimum absolute atomic E-state index is 0.0231. The number of esters is 1. The predicted octanol–water partition coefficient (Wildman–Crippen LogP) is 1.06. The summed E-state index contributed by atoms with van der Waals surface area (Å²) in [5, 5.41) is 0.105. The highest BCUT2D eigenvalue weighted by Crippen LogP contribution is 2.30. The van der Waals surface area contributed by atoms with Gasteiger partial charge in [0.1, 0.15) is 6.33 Å². The third-order valence-corrected chi connectivity index (χ3v) is 1.44. The van der Waals surface area contributed by atoms with Crippen molar-refractivity contribution in [2.75, 3.05) is 7.11 Å². The molecule has 1 aromatic rings. The van der Waals surface area contributed by atoms with E-state index in [1.165, 1.54) is 20.4 Å². The molecule has 0 aliphatic rings. The van der Waals surface area contributed by atoms with Gasteiger partial charge in [0.25, 0.3) is 5.88 Å². The van der Waals surface area contributed by atoms with E-state index < -0.39 is 5.97 Å². The van der Waals surface area contributed by atoms with Gasteiger partial charge in [0.2, 0.25) is 5.75 Å². The van der Waals surface area contributed by atoms with Crippen molar-refractivity contribution in [1.29, 1.82) is 0 Å². The van der Waals surface area contributed by atoms with E-state index in [-0.39, 0.29) is 16.8 Å². The average Bonchev–Trinajstić information content (AvgIpc) is 2.03. The van der Waals surface area contributed by atoms with Crippen LogP contribution in [0.15, 0.2) is 6.33 Å². The predicted molar refractivity (Wildman–Crippen MR) is 44.9 cm³/mol. The van der Waals surface area contributed by atoms with Crippen molar-refractivity contribution >= 4 is 17.6 Å². The Morgan fingerprint density at radius 1 is 1.54 bits per heavy atom. The number of rotatable bonds is 2. The van der Waals surface area contributed by atoms with Crippen LogP contribution in [-0.2, 0) is 4.79 Å². The van der Waals surface area contributed by atoms with Crippen molar-refractivity contribution in [2.24, 2.45) is 0 Å². The second kappa shape index (κ2) is 4.04. The maximum Gasteiger partial charge on any atom is 0.309 e. The van der Waals surface area contributed by atoms with Gasteiger partial charge in [0, 0.05) is 6.92 Å². The number of carbonyl (C=O) groups is 1. The summed E-state index contributed by atoms with van der Waals surface area (Å²) in [7, 11) is 1.39. The van der Waals surface area contributed by atoms with Crippen molar-refractivity contribution in [1.82, 2.24) is 9.97 Å². The lowest BCUT2D eigenvalue weighted by Gasteiger charge is -2.06. The van der Waals surface area contributed by atoms with Crippen molar-refractivity contribution in [3.8, 4) is 11.6 Å². The monoisotopic (exact) mass is 202 g/mol. The van der Waals surface area contributed by atoms with Gasteiger partial charge in [-0.2, -0.15) is 4.98 Å². The van der Waals surface area contributed by atoms with Gasteiger partial charge in [-0.15, -0.1) is 0 Å². The Hall–Kier alpha value is -1.36. The molecule has 0 N–H and O–H groups in total. The minimum Gasteiger partial charge on any atom is -0.489 e. The fraction of sp³-hybridized carbons (Fsp3) is 0.286. The maximum atomic E-state index is 10.6. The van der Waals surface area contributed by atoms with E-state index in [9.17, 15) is 4.79 Å². The van der Waals surface area contributed by atoms with E-state index in [1.54, 1.807) is 0 Å². The number of methoxy groups -OCH3 is 1. The van der Waals surface area contributed by atoms with Gasteiger partial charge >= 0.3 is 5.97 Å². The van der Waals surface area contributed by atoms with Gasteiger partial charge in [-0.25, -0.2) is 4.98 Å². The van der Waals surface area contributed by atoms with Crippen LogP contribution < -0.4 is 9.47 Å². The van der Waals surface area contributed by atoms with Crippen LogP contribution in [0.5, 0.6) is 11.6 Å². The molecular formula is C7H7ClN2O3. The summed E-state index contributed by atoms with van der Waals surface area (Å²) >= 11 is 5.65. The fourth-order valence-electron chi connectivity index (χ4n) is 0.718. The zero-order chi connectivity index (χ0) is 9.84. The molecule has 0 aliphatic carbocycles. The highest BCUT2D eigenvalue weighted by Gasteiger charge is 2.12. The minimum atomic E-state index is -0.493. The number of hydrogen-bond acceptors (Lipinski definition) is 5. The zero-order valence-corrected chi connectivity index (χ0v) is 7.83. The van der Waals surface area contributed by atoms with Gasteiger partial charge in [-0.05, 0) is 0 Å². The van der Waals surface area contributed by atoms with Crippen LogP contribution in [-0.4, -0.2) is 23.0 Å². The van der Waals surface area contributed by atoms with Crippen molar-refractivity contribution in [3.63, 3.8) is 0 Å². The number of carbonyl (C=O) groups excluding carboxylic acids is 1. The van der Waals surface area contributed by atoms with Crippen LogP contribution in [0.4, 0.5) is 0 Å². The van der Waals surface area contributed by atoms with E-state index in [1.807, 2.05) is 0 Å². The molecule has 13 heavy (non-hydrogen) atoms. The van der Waals surface area contributed by atoms with E-state index in [0.29, 0.717) is 0 Å². The first-order valence-electron chi connectivity index (χ1n) is 3.38. The van der Waals surface area contributed by atoms with Gasteiger partial charge in [0.15, 0.2) is 5.15 Å². The van der Waals surface area contributed by atoms with Gasteiger partial charge < -0.3 is 9.47 Å². The number of aromatic nitrogens is 2. The Morgan fingerprint density at radius 3 is 2.77 bits per heavy atom. The van der Waals surface area contributed by atoms with Crippen molar-refractivity contribution < 1.29 is 14.3 Å². The smallest absolute Gasteiger partial charge is 0.309 e. The molecule has 0 spiro atoms. The van der Waals surface area contributed by atoms with Crippen LogP contribution in [0.25, 0.3) is 0 Å². The summed E-state index contributed by atoms with van der Waals surface area (Å²) in [6.07, 6.45) is 1.18. The maximum absolute atomic E-state index is 10.6. The first-order valence-corrected chi connectivity index (χ1v) is 3.76. The lowest BCUT2D eigenvalue weighted by molar-refractivity contribution is -0.132. The second-order valence-corrected chi connectivity index (χ2v) is 2.45. The van der Waals surface area contributed by atoms with E-state index >= 15 is 0 Å². The van der Waals surface area contributed by atoms with Crippen LogP contribution in [0.2, 0.25) is 5.15 Å². The third kappa shape index (κ3) is 2.29. The number of hydrogen-bond donors (Lipinski definition) is 0. The van der Waals surface area contributed by atoms with E-state index in [4.69, 9.17) is 21.1 Å². The normalized spacial score (nSPS) is 9.46. The Balaban J connectivity index is 3.05. The van der Waals surface area contributed by atoms with Gasteiger partial charge in [-0.3, -0.25) is 4.79 Å². The molecule has 0 saturated heterocycles. The Kier molecular flexibility index (Phi) is 3.02. The summed E-state index contributed by atoms with van der Waals surface area (Å²) < 4.78 is 9.56. The van der Waals surface area contributed by atoms with Gasteiger partial charge in [0.05, 0.1) is 7.11 Å². The number of halogens is 1. The van der Waals surface area contributed by atoms with Crippen molar-refractivity contribution in [3.05, 3.63) is 11.5 Å². The SMILES string of the molecule is COc1c(Cl)ncnc1OC(C)=O. The first kappa shape index (κ1) is 9.73. The van der Waals surface area contributed by atoms with Crippen LogP contribution in [0, 0.1) is 0 Å². The van der Waals surface area contributed by atoms with E-state index in [2.05, 4.69) is 9.97 Å². The molecule has 0 fully saturated rings. The van der Waals surface area contributed by atoms with Crippen molar-refractivity contribution in [2.45, 2.75) is 6.92 Å². The summed E-state index contributed by atoms with van der Waals surface area (Å²) in [5.41, 5.74) is 0. The third-order valence-electron chi connectivity index (χ3n) is 1.17. The molecule has 1 heterocycles. The number of nitrogens with zero attached hydrogens (tertiary/aromatic N) is 2. The Labute approximate surface area is 79.7 Å². The molecule has 5 nitrogen and oxygen atoms in total. The fourth-order valence-corrected chi connectivity index (χ4v) is 0.919. The zero-order valence-electron chi connectivity index (χ0n) is 7.07. The summed E-state index contributed by atoms with van der Waals surface area (Å²) in [6, 6.07) is 0. The molecule has 0 bridgehead atoms. The molecule has 0 aliphatic heterocycles. The molecule has 1 aromatic heterocycles. The molecule has 6 heteroatoms. The largest absolute Gasteiger partial charge is 0.489 e. The Bertz CT molecular complexity index is 330. The summed E-state index contributed by atoms with van der Waals surface area (Å²) in [4.78, 5) is 18.0. The molecule has 0 radical (unpaired) electrons. The highest BCUT2D eigenvalue weighted by molar-refractivity contribution is 6.31. The lowest BCUT2D eigenvalue weighted by atomic mass is 10.5. The summed E-state index contributed by atoms with van der Waals surface area (Å²) in [5.74, 6) is -0.317. The molecule has 0 saturated carbocycles. The Morgan fingerprint density at radius 2 is 2.23 bits per heavy atom. The topological polar surface area (TPSA) is 61.3 Å². The van der Waals surface area contributed by atoms with Crippen LogP contribution in [0.1, 0.15) is 6.92 Å². The molecule has 0 atom stereocenters. The van der Waals surface area contributed by atoms with E-state index in [0.717, 1.165) is 0 Å². The molecule has 0 aromatic carbocycles. The second-order valence-electron chi connectivity index (χ2n) is 2.10. The molecule has 1 rings (SSSR count). The summed E-state index contributed by atoms with van der Waals surface area (Å²) in [6.45, 7) is 1.26. The number of ether oxygens (including phenoxy) is 2. The van der Waals surface area contributed by atoms with Crippen LogP contribution >= 0.6 is 11.6 Å². The molecule has 0 unspecified atom stereocenters.